The second-order valence-corrected chi connectivity index (χ2v) is 11.5. The number of carbonyl (C=O) groups is 2. The average molecular weight is 373 g/mol. The van der Waals surface area contributed by atoms with E-state index in [1.807, 2.05) is 27.7 Å². The van der Waals surface area contributed by atoms with Gasteiger partial charge >= 0.3 is 11.9 Å². The molecular weight excluding hydrogens is 332 g/mol. The van der Waals surface area contributed by atoms with Gasteiger partial charge in [0, 0.05) is 0 Å². The SMILES string of the molecule is CC(C)(C)CC(C)(C)OOC(=O)C(C)(C)C(=O)OC(C)(C)CC(C)(C)C. The molecule has 0 radical (unpaired) electrons. The lowest BCUT2D eigenvalue weighted by Gasteiger charge is -2.35. The number of rotatable bonds is 7. The fraction of sp³-hybridized carbons (Fsp3) is 0.905. The minimum Gasteiger partial charge on any atom is -0.459 e. The molecule has 0 amide bonds. The van der Waals surface area contributed by atoms with E-state index in [1.54, 1.807) is 0 Å². The molecule has 0 saturated carbocycles. The number of ether oxygens (including phenoxy) is 1. The van der Waals surface area contributed by atoms with E-state index in [0.29, 0.717) is 12.8 Å². The summed E-state index contributed by atoms with van der Waals surface area (Å²) in [6.45, 7) is 22.9. The van der Waals surface area contributed by atoms with Crippen molar-refractivity contribution in [1.29, 1.82) is 0 Å². The zero-order chi connectivity index (χ0) is 21.2. The molecule has 0 spiro atoms. The molecule has 0 aliphatic carbocycles. The van der Waals surface area contributed by atoms with Gasteiger partial charge < -0.3 is 4.74 Å². The monoisotopic (exact) mass is 372 g/mol. The molecule has 5 nitrogen and oxygen atoms in total. The largest absolute Gasteiger partial charge is 0.459 e. The highest BCUT2D eigenvalue weighted by atomic mass is 17.2. The molecule has 0 atom stereocenters. The van der Waals surface area contributed by atoms with Crippen molar-refractivity contribution in [3.05, 3.63) is 0 Å². The normalized spacial score (nSPS) is 14.2. The van der Waals surface area contributed by atoms with Crippen LogP contribution in [-0.2, 0) is 24.1 Å². The maximum atomic E-state index is 12.6. The quantitative estimate of drug-likeness (QED) is 0.257. The summed E-state index contributed by atoms with van der Waals surface area (Å²) in [4.78, 5) is 35.4. The Labute approximate surface area is 160 Å². The van der Waals surface area contributed by atoms with Gasteiger partial charge in [-0.3, -0.25) is 9.68 Å². The zero-order valence-electron chi connectivity index (χ0n) is 19.0. The molecule has 0 bridgehead atoms. The first-order valence-electron chi connectivity index (χ1n) is 9.31. The van der Waals surface area contributed by atoms with Gasteiger partial charge in [0.2, 0.25) is 0 Å². The van der Waals surface area contributed by atoms with Crippen LogP contribution < -0.4 is 0 Å². The first-order chi connectivity index (χ1) is 11.2. The van der Waals surface area contributed by atoms with E-state index < -0.39 is 28.6 Å². The summed E-state index contributed by atoms with van der Waals surface area (Å²) in [6, 6.07) is 0. The summed E-state index contributed by atoms with van der Waals surface area (Å²) in [7, 11) is 0. The Morgan fingerprint density at radius 3 is 1.38 bits per heavy atom. The Bertz CT molecular complexity index is 501. The molecule has 5 heteroatoms. The number of hydrogen-bond acceptors (Lipinski definition) is 5. The van der Waals surface area contributed by atoms with Gasteiger partial charge in [0.1, 0.15) is 11.2 Å². The fourth-order valence-corrected chi connectivity index (χ4v) is 3.34. The molecular formula is C21H40O5. The van der Waals surface area contributed by atoms with E-state index >= 15 is 0 Å². The molecule has 0 aromatic carbocycles. The van der Waals surface area contributed by atoms with Crippen molar-refractivity contribution < 1.29 is 24.1 Å². The highest BCUT2D eigenvalue weighted by Crippen LogP contribution is 2.33. The van der Waals surface area contributed by atoms with Gasteiger partial charge in [-0.15, -0.1) is 0 Å². The standard InChI is InChI=1S/C21H40O5/c1-17(2,3)13-19(7,8)24-15(22)21(11,12)16(23)25-26-20(9,10)14-18(4,5)6/h13-14H2,1-12H3. The van der Waals surface area contributed by atoms with Crippen molar-refractivity contribution in [3.63, 3.8) is 0 Å². The highest BCUT2D eigenvalue weighted by Gasteiger charge is 2.44. The van der Waals surface area contributed by atoms with Crippen molar-refractivity contribution in [1.82, 2.24) is 0 Å². The summed E-state index contributed by atoms with van der Waals surface area (Å²) in [5.74, 6) is -1.37. The third-order valence-electron chi connectivity index (χ3n) is 3.64. The van der Waals surface area contributed by atoms with E-state index in [0.717, 1.165) is 0 Å². The van der Waals surface area contributed by atoms with Gasteiger partial charge in [-0.25, -0.2) is 4.79 Å². The van der Waals surface area contributed by atoms with E-state index in [9.17, 15) is 9.59 Å². The lowest BCUT2D eigenvalue weighted by atomic mass is 9.83. The minimum atomic E-state index is -1.45. The molecule has 0 fully saturated rings. The fourth-order valence-electron chi connectivity index (χ4n) is 3.34. The molecule has 0 N–H and O–H groups in total. The van der Waals surface area contributed by atoms with Gasteiger partial charge in [-0.2, -0.15) is 4.89 Å². The zero-order valence-corrected chi connectivity index (χ0v) is 19.0. The van der Waals surface area contributed by atoms with Crippen molar-refractivity contribution in [2.24, 2.45) is 16.2 Å². The molecule has 26 heavy (non-hydrogen) atoms. The lowest BCUT2D eigenvalue weighted by molar-refractivity contribution is -0.334. The smallest absolute Gasteiger partial charge is 0.359 e. The van der Waals surface area contributed by atoms with Gasteiger partial charge in [0.25, 0.3) is 0 Å². The summed E-state index contributed by atoms with van der Waals surface area (Å²) < 4.78 is 5.62. The van der Waals surface area contributed by atoms with Crippen LogP contribution in [0, 0.1) is 16.2 Å². The Morgan fingerprint density at radius 2 is 1.00 bits per heavy atom. The van der Waals surface area contributed by atoms with Gasteiger partial charge in [-0.1, -0.05) is 41.5 Å². The summed E-state index contributed by atoms with van der Waals surface area (Å²) in [6.07, 6.45) is 1.36. The van der Waals surface area contributed by atoms with Crippen LogP contribution in [0.1, 0.15) is 95.9 Å². The molecule has 0 saturated heterocycles. The van der Waals surface area contributed by atoms with Crippen LogP contribution in [0.25, 0.3) is 0 Å². The molecule has 0 unspecified atom stereocenters. The number of hydrogen-bond donors (Lipinski definition) is 0. The third-order valence-corrected chi connectivity index (χ3v) is 3.64. The van der Waals surface area contributed by atoms with Crippen LogP contribution in [-0.4, -0.2) is 23.1 Å². The van der Waals surface area contributed by atoms with Gasteiger partial charge in [-0.05, 0) is 65.2 Å². The van der Waals surface area contributed by atoms with E-state index in [2.05, 4.69) is 41.5 Å². The topological polar surface area (TPSA) is 61.8 Å². The van der Waals surface area contributed by atoms with Gasteiger partial charge in [0.15, 0.2) is 5.41 Å². The highest BCUT2D eigenvalue weighted by molar-refractivity contribution is 5.99. The predicted octanol–water partition coefficient (Wildman–Crippen LogP) is 5.46. The molecule has 154 valence electrons. The number of carbonyl (C=O) groups excluding carboxylic acids is 2. The first kappa shape index (κ1) is 24.9. The first-order valence-corrected chi connectivity index (χ1v) is 9.31. The maximum absolute atomic E-state index is 12.6. The van der Waals surface area contributed by atoms with Crippen LogP contribution in [0.5, 0.6) is 0 Å². The molecule has 0 aliphatic heterocycles. The van der Waals surface area contributed by atoms with Crippen molar-refractivity contribution in [2.75, 3.05) is 0 Å². The van der Waals surface area contributed by atoms with Crippen molar-refractivity contribution in [2.45, 2.75) is 107 Å². The van der Waals surface area contributed by atoms with E-state index in [4.69, 9.17) is 14.5 Å². The Hall–Kier alpha value is -1.10. The Kier molecular flexibility index (Phi) is 7.54. The Morgan fingerprint density at radius 1 is 0.615 bits per heavy atom. The Balaban J connectivity index is 4.93. The minimum absolute atomic E-state index is 0.00543. The summed E-state index contributed by atoms with van der Waals surface area (Å²) in [5, 5.41) is 0. The maximum Gasteiger partial charge on any atom is 0.359 e. The van der Waals surface area contributed by atoms with Crippen LogP contribution in [0.15, 0.2) is 0 Å². The number of esters is 1. The van der Waals surface area contributed by atoms with Crippen molar-refractivity contribution in [3.8, 4) is 0 Å². The molecule has 0 rings (SSSR count). The van der Waals surface area contributed by atoms with Crippen molar-refractivity contribution >= 4 is 11.9 Å². The van der Waals surface area contributed by atoms with E-state index in [1.165, 1.54) is 13.8 Å². The molecule has 0 aromatic rings. The third kappa shape index (κ3) is 9.56. The van der Waals surface area contributed by atoms with E-state index in [-0.39, 0.29) is 10.8 Å². The van der Waals surface area contributed by atoms with Crippen LogP contribution in [0.3, 0.4) is 0 Å². The summed E-state index contributed by atoms with van der Waals surface area (Å²) in [5.41, 5.74) is -2.78. The lowest BCUT2D eigenvalue weighted by Crippen LogP contribution is -2.43. The van der Waals surface area contributed by atoms with Gasteiger partial charge in [0.05, 0.1) is 0 Å². The summed E-state index contributed by atoms with van der Waals surface area (Å²) >= 11 is 0. The van der Waals surface area contributed by atoms with Crippen LogP contribution >= 0.6 is 0 Å². The molecule has 0 aromatic heterocycles. The average Bonchev–Trinajstić information content (AvgIpc) is 2.28. The predicted molar refractivity (Wildman–Crippen MR) is 103 cm³/mol. The van der Waals surface area contributed by atoms with Crippen LogP contribution in [0.4, 0.5) is 0 Å². The molecule has 0 heterocycles. The van der Waals surface area contributed by atoms with Crippen LogP contribution in [0.2, 0.25) is 0 Å². The second kappa shape index (κ2) is 7.87. The second-order valence-electron chi connectivity index (χ2n) is 11.5. The molecule has 0 aliphatic rings.